The van der Waals surface area contributed by atoms with Gasteiger partial charge in [-0.25, -0.2) is 0 Å². The quantitative estimate of drug-likeness (QED) is 0.250. The molecular weight excluding hydrogens is 466 g/mol. The van der Waals surface area contributed by atoms with E-state index in [1.165, 1.54) is 24.0 Å². The van der Waals surface area contributed by atoms with E-state index in [0.29, 0.717) is 41.8 Å². The second kappa shape index (κ2) is 17.0. The molecule has 0 saturated heterocycles. The molecule has 1 aliphatic carbocycles. The molecule has 0 aromatic heterocycles. The van der Waals surface area contributed by atoms with Crippen LogP contribution in [0.3, 0.4) is 0 Å². The number of nitriles is 1. The molecule has 38 heavy (non-hydrogen) atoms. The Morgan fingerprint density at radius 2 is 1.63 bits per heavy atom. The first-order valence-corrected chi connectivity index (χ1v) is 15.1. The fraction of sp³-hybridized carbons (Fsp3) is 0.571. The molecule has 2 aromatic rings. The van der Waals surface area contributed by atoms with Crippen LogP contribution >= 0.6 is 0 Å². The minimum atomic E-state index is 0.166. The number of Topliss-reactive ketones (excluding diaryl/α,β-unsaturated/α-hetero) is 2. The van der Waals surface area contributed by atoms with Gasteiger partial charge in [0, 0.05) is 24.3 Å². The molecule has 0 aliphatic heterocycles. The van der Waals surface area contributed by atoms with Crippen molar-refractivity contribution in [2.45, 2.75) is 112 Å². The molecule has 1 fully saturated rings. The van der Waals surface area contributed by atoms with E-state index < -0.39 is 0 Å². The van der Waals surface area contributed by atoms with Gasteiger partial charge in [-0.15, -0.1) is 0 Å². The highest BCUT2D eigenvalue weighted by Gasteiger charge is 2.30. The first kappa shape index (κ1) is 31.5. The van der Waals surface area contributed by atoms with Gasteiger partial charge in [-0.05, 0) is 105 Å². The Labute approximate surface area is 232 Å². The van der Waals surface area contributed by atoms with Gasteiger partial charge in [0.05, 0.1) is 11.6 Å². The van der Waals surface area contributed by atoms with Gasteiger partial charge < -0.3 is 0 Å². The predicted molar refractivity (Wildman–Crippen MR) is 158 cm³/mol. The first-order chi connectivity index (χ1) is 18.4. The summed E-state index contributed by atoms with van der Waals surface area (Å²) in [7, 11) is 0. The molecule has 1 aliphatic rings. The van der Waals surface area contributed by atoms with E-state index in [-0.39, 0.29) is 5.92 Å². The molecule has 0 spiro atoms. The molecule has 3 heteroatoms. The van der Waals surface area contributed by atoms with Gasteiger partial charge in [0.15, 0.2) is 5.78 Å². The molecule has 2 aromatic carbocycles. The summed E-state index contributed by atoms with van der Waals surface area (Å²) in [6.07, 6.45) is 11.8. The maximum Gasteiger partial charge on any atom is 0.165 e. The minimum Gasteiger partial charge on any atom is -0.300 e. The number of carbonyl (C=O) groups is 2. The Morgan fingerprint density at radius 3 is 2.21 bits per heavy atom. The van der Waals surface area contributed by atoms with E-state index in [2.05, 4.69) is 39.0 Å². The van der Waals surface area contributed by atoms with Crippen LogP contribution in [0.4, 0.5) is 0 Å². The highest BCUT2D eigenvalue weighted by Crippen LogP contribution is 2.39. The predicted octanol–water partition coefficient (Wildman–Crippen LogP) is 9.23. The van der Waals surface area contributed by atoms with Crippen molar-refractivity contribution >= 4 is 11.6 Å². The fourth-order valence-corrected chi connectivity index (χ4v) is 6.04. The van der Waals surface area contributed by atoms with Crippen LogP contribution in [0.15, 0.2) is 42.5 Å². The van der Waals surface area contributed by atoms with Crippen molar-refractivity contribution < 1.29 is 9.59 Å². The van der Waals surface area contributed by atoms with Crippen LogP contribution in [0.5, 0.6) is 0 Å². The summed E-state index contributed by atoms with van der Waals surface area (Å²) in [6, 6.07) is 15.9. The first-order valence-electron chi connectivity index (χ1n) is 15.1. The highest BCUT2D eigenvalue weighted by atomic mass is 16.1. The summed E-state index contributed by atoms with van der Waals surface area (Å²) in [4.78, 5) is 25.6. The van der Waals surface area contributed by atoms with Crippen molar-refractivity contribution in [1.82, 2.24) is 0 Å². The SMILES string of the molecule is CC.CCCC(CCCC(=O)CCc1ccc(C#N)cc1)C1CCC(C(=O)c2ccc(CC)c(C)c2)CC1. The van der Waals surface area contributed by atoms with E-state index >= 15 is 0 Å². The standard InChI is InChI=1S/C33H43NO2.C2H6/c1-4-7-28(8-6-9-32(35)21-14-25-10-12-26(23-34)13-11-25)29-16-18-30(19-17-29)33(36)31-20-15-27(5-2)24(3)22-31;1-2/h10-13,15,20,22,28-30H,4-9,14,16-19,21H2,1-3H3;1-2H3. The molecule has 0 amide bonds. The zero-order valence-corrected chi connectivity index (χ0v) is 24.5. The lowest BCUT2D eigenvalue weighted by Crippen LogP contribution is -2.26. The van der Waals surface area contributed by atoms with Crippen molar-refractivity contribution in [2.75, 3.05) is 0 Å². The van der Waals surface area contributed by atoms with Gasteiger partial charge in [-0.1, -0.05) is 64.8 Å². The number of carbonyl (C=O) groups excluding carboxylic acids is 2. The zero-order chi connectivity index (χ0) is 27.9. The van der Waals surface area contributed by atoms with Gasteiger partial charge in [0.1, 0.15) is 5.78 Å². The molecular formula is C35H49NO2. The lowest BCUT2D eigenvalue weighted by atomic mass is 9.71. The van der Waals surface area contributed by atoms with Crippen molar-refractivity contribution in [2.24, 2.45) is 17.8 Å². The Balaban J connectivity index is 0.00000247. The monoisotopic (exact) mass is 515 g/mol. The summed E-state index contributed by atoms with van der Waals surface area (Å²) in [5.74, 6) is 2.20. The topological polar surface area (TPSA) is 57.9 Å². The summed E-state index contributed by atoms with van der Waals surface area (Å²) in [5.41, 5.74) is 5.22. The maximum absolute atomic E-state index is 13.1. The van der Waals surface area contributed by atoms with Crippen LogP contribution in [-0.4, -0.2) is 11.6 Å². The van der Waals surface area contributed by atoms with Gasteiger partial charge in [-0.2, -0.15) is 5.26 Å². The van der Waals surface area contributed by atoms with E-state index in [9.17, 15) is 9.59 Å². The van der Waals surface area contributed by atoms with Crippen LogP contribution in [-0.2, 0) is 17.6 Å². The fourth-order valence-electron chi connectivity index (χ4n) is 6.04. The van der Waals surface area contributed by atoms with Crippen molar-refractivity contribution in [3.8, 4) is 6.07 Å². The third-order valence-corrected chi connectivity index (χ3v) is 8.28. The second-order valence-corrected chi connectivity index (χ2v) is 10.8. The van der Waals surface area contributed by atoms with Crippen LogP contribution < -0.4 is 0 Å². The highest BCUT2D eigenvalue weighted by molar-refractivity contribution is 5.98. The molecule has 3 rings (SSSR count). The van der Waals surface area contributed by atoms with Crippen LogP contribution in [0.25, 0.3) is 0 Å². The number of aryl methyl sites for hydroxylation is 3. The van der Waals surface area contributed by atoms with Crippen LogP contribution in [0.1, 0.15) is 125 Å². The van der Waals surface area contributed by atoms with E-state index in [4.69, 9.17) is 5.26 Å². The van der Waals surface area contributed by atoms with Crippen molar-refractivity contribution in [3.05, 3.63) is 70.3 Å². The Morgan fingerprint density at radius 1 is 0.947 bits per heavy atom. The molecule has 0 N–H and O–H groups in total. The maximum atomic E-state index is 13.1. The Bertz CT molecular complexity index is 1040. The third kappa shape index (κ3) is 9.54. The molecule has 1 atom stereocenters. The average Bonchev–Trinajstić information content (AvgIpc) is 2.96. The molecule has 0 heterocycles. The van der Waals surface area contributed by atoms with E-state index in [1.807, 2.05) is 44.2 Å². The lowest BCUT2D eigenvalue weighted by molar-refractivity contribution is -0.119. The largest absolute Gasteiger partial charge is 0.300 e. The summed E-state index contributed by atoms with van der Waals surface area (Å²) < 4.78 is 0. The zero-order valence-electron chi connectivity index (χ0n) is 24.5. The van der Waals surface area contributed by atoms with Gasteiger partial charge in [-0.3, -0.25) is 9.59 Å². The van der Waals surface area contributed by atoms with Crippen LogP contribution in [0.2, 0.25) is 0 Å². The Hall–Kier alpha value is -2.73. The summed E-state index contributed by atoms with van der Waals surface area (Å²) >= 11 is 0. The van der Waals surface area contributed by atoms with Crippen molar-refractivity contribution in [3.63, 3.8) is 0 Å². The number of rotatable bonds is 13. The number of benzene rings is 2. The van der Waals surface area contributed by atoms with E-state index in [0.717, 1.165) is 62.5 Å². The third-order valence-electron chi connectivity index (χ3n) is 8.28. The molecule has 3 nitrogen and oxygen atoms in total. The molecule has 206 valence electrons. The van der Waals surface area contributed by atoms with Gasteiger partial charge >= 0.3 is 0 Å². The molecule has 0 bridgehead atoms. The number of ketones is 2. The van der Waals surface area contributed by atoms with Crippen LogP contribution in [0, 0.1) is 36.0 Å². The number of hydrogen-bond donors (Lipinski definition) is 0. The second-order valence-electron chi connectivity index (χ2n) is 10.8. The summed E-state index contributed by atoms with van der Waals surface area (Å²) in [6.45, 7) is 10.5. The summed E-state index contributed by atoms with van der Waals surface area (Å²) in [5, 5.41) is 8.91. The molecule has 1 unspecified atom stereocenters. The van der Waals surface area contributed by atoms with E-state index in [1.54, 1.807) is 0 Å². The normalized spacial score (nSPS) is 17.6. The number of nitrogens with zero attached hydrogens (tertiary/aromatic N) is 1. The van der Waals surface area contributed by atoms with Gasteiger partial charge in [0.2, 0.25) is 0 Å². The lowest BCUT2D eigenvalue weighted by Gasteiger charge is -2.33. The van der Waals surface area contributed by atoms with Gasteiger partial charge in [0.25, 0.3) is 0 Å². The van der Waals surface area contributed by atoms with Crippen molar-refractivity contribution in [1.29, 1.82) is 5.26 Å². The molecule has 1 saturated carbocycles. The molecule has 0 radical (unpaired) electrons. The smallest absolute Gasteiger partial charge is 0.165 e. The Kier molecular flexibility index (Phi) is 14.1. The minimum absolute atomic E-state index is 0.166. The number of hydrogen-bond acceptors (Lipinski definition) is 3. The average molecular weight is 516 g/mol.